The van der Waals surface area contributed by atoms with Crippen molar-refractivity contribution in [1.82, 2.24) is 4.98 Å². The summed E-state index contributed by atoms with van der Waals surface area (Å²) in [5, 5.41) is 2.51. The number of H-pyrrole nitrogens is 1. The number of para-hydroxylation sites is 1. The topological polar surface area (TPSA) is 41.3 Å². The van der Waals surface area contributed by atoms with Gasteiger partial charge in [-0.1, -0.05) is 90.9 Å². The number of furan rings is 1. The molecule has 0 radical (unpaired) electrons. The fourth-order valence-electron chi connectivity index (χ4n) is 6.72. The number of benzene rings is 3. The molecule has 5 aromatic rings. The average molecular weight is 517 g/mol. The van der Waals surface area contributed by atoms with Crippen LogP contribution in [0, 0.1) is 0 Å². The van der Waals surface area contributed by atoms with Crippen LogP contribution in [0.15, 0.2) is 76.5 Å². The fraction of sp³-hybridized carbons (Fsp3) is 0.361. The van der Waals surface area contributed by atoms with E-state index in [2.05, 4.69) is 114 Å². The van der Waals surface area contributed by atoms with Gasteiger partial charge >= 0.3 is 0 Å². The van der Waals surface area contributed by atoms with Crippen molar-refractivity contribution in [2.75, 3.05) is 0 Å². The highest BCUT2D eigenvalue weighted by atomic mass is 16.3. The lowest BCUT2D eigenvalue weighted by Crippen LogP contribution is -2.25. The molecule has 200 valence electrons. The Labute approximate surface area is 232 Å². The Bertz CT molecular complexity index is 1720. The van der Waals surface area contributed by atoms with E-state index in [1.165, 1.54) is 55.2 Å². The minimum Gasteiger partial charge on any atom is -0.464 e. The summed E-state index contributed by atoms with van der Waals surface area (Å²) >= 11 is 0. The molecular weight excluding hydrogens is 476 g/mol. The van der Waals surface area contributed by atoms with Gasteiger partial charge in [0.2, 0.25) is 0 Å². The van der Waals surface area contributed by atoms with Crippen molar-refractivity contribution in [2.24, 2.45) is 4.99 Å². The maximum Gasteiger partial charge on any atom is 0.137 e. The molecular formula is C36H40N2O. The molecule has 3 aromatic carbocycles. The Morgan fingerprint density at radius 2 is 1.49 bits per heavy atom. The molecule has 0 spiro atoms. The molecule has 0 fully saturated rings. The first-order valence-electron chi connectivity index (χ1n) is 14.2. The molecule has 3 nitrogen and oxygen atoms in total. The number of nitrogens with zero attached hydrogens (tertiary/aromatic N) is 1. The number of aliphatic imine (C=N–C) groups is 1. The van der Waals surface area contributed by atoms with Gasteiger partial charge in [0.15, 0.2) is 0 Å². The third-order valence-electron chi connectivity index (χ3n) is 8.74. The van der Waals surface area contributed by atoms with E-state index in [9.17, 15) is 0 Å². The summed E-state index contributed by atoms with van der Waals surface area (Å²) in [5.74, 6) is 0. The van der Waals surface area contributed by atoms with Gasteiger partial charge in [0, 0.05) is 34.4 Å². The second kappa shape index (κ2) is 8.98. The van der Waals surface area contributed by atoms with Crippen LogP contribution in [-0.2, 0) is 35.6 Å². The van der Waals surface area contributed by atoms with E-state index < -0.39 is 0 Å². The maximum absolute atomic E-state index is 6.01. The van der Waals surface area contributed by atoms with Crippen LogP contribution in [0.3, 0.4) is 0 Å². The largest absolute Gasteiger partial charge is 0.464 e. The Kier molecular flexibility index (Phi) is 5.91. The lowest BCUT2D eigenvalue weighted by atomic mass is 9.73. The second-order valence-electron chi connectivity index (χ2n) is 13.7. The second-order valence-corrected chi connectivity index (χ2v) is 13.7. The van der Waals surface area contributed by atoms with Crippen LogP contribution in [0.2, 0.25) is 0 Å². The van der Waals surface area contributed by atoms with E-state index in [-0.39, 0.29) is 16.2 Å². The molecule has 1 aliphatic heterocycles. The molecule has 0 aliphatic carbocycles. The predicted molar refractivity (Wildman–Crippen MR) is 164 cm³/mol. The molecule has 0 saturated heterocycles. The smallest absolute Gasteiger partial charge is 0.137 e. The summed E-state index contributed by atoms with van der Waals surface area (Å²) in [5.41, 5.74) is 11.7. The molecule has 1 aliphatic rings. The first-order chi connectivity index (χ1) is 18.5. The van der Waals surface area contributed by atoms with Crippen LogP contribution in [0.4, 0.5) is 0 Å². The zero-order chi connectivity index (χ0) is 27.6. The molecule has 2 aromatic heterocycles. The number of aromatic nitrogens is 1. The van der Waals surface area contributed by atoms with Crippen molar-refractivity contribution in [3.05, 3.63) is 106 Å². The Morgan fingerprint density at radius 3 is 2.28 bits per heavy atom. The van der Waals surface area contributed by atoms with E-state index in [4.69, 9.17) is 9.41 Å². The van der Waals surface area contributed by atoms with Crippen molar-refractivity contribution in [1.29, 1.82) is 0 Å². The van der Waals surface area contributed by atoms with Crippen LogP contribution in [0.25, 0.3) is 21.9 Å². The molecule has 0 saturated carbocycles. The molecule has 3 heterocycles. The van der Waals surface area contributed by atoms with Gasteiger partial charge in [-0.25, -0.2) is 0 Å². The monoisotopic (exact) mass is 516 g/mol. The van der Waals surface area contributed by atoms with Crippen LogP contribution in [0.1, 0.15) is 87.4 Å². The van der Waals surface area contributed by atoms with Gasteiger partial charge in [0.25, 0.3) is 0 Å². The van der Waals surface area contributed by atoms with Crippen molar-refractivity contribution in [2.45, 2.75) is 84.1 Å². The first-order valence-corrected chi connectivity index (χ1v) is 14.2. The van der Waals surface area contributed by atoms with Crippen molar-refractivity contribution in [3.8, 4) is 0 Å². The van der Waals surface area contributed by atoms with Crippen molar-refractivity contribution >= 4 is 28.1 Å². The summed E-state index contributed by atoms with van der Waals surface area (Å²) in [6.45, 7) is 17.0. The Balaban J connectivity index is 1.34. The molecule has 0 amide bonds. The van der Waals surface area contributed by atoms with E-state index in [0.29, 0.717) is 0 Å². The van der Waals surface area contributed by atoms with Gasteiger partial charge in [0.05, 0.1) is 12.8 Å². The van der Waals surface area contributed by atoms with E-state index >= 15 is 0 Å². The number of fused-ring (bicyclic) bond motifs is 3. The van der Waals surface area contributed by atoms with Gasteiger partial charge < -0.3 is 9.40 Å². The standard InChI is InChI=1S/C36H40N2O/c1-34(2,3)31-14-12-24(26-16-18-39-33(26)31)19-35(4,5)29-13-11-25(27-21-37-22-28(27)29)20-36(6,7)30-10-8-9-23-15-17-38-32(23)30/h8-18,21,38H,19-20,22H2,1-7H3. The molecule has 0 atom stereocenters. The third-order valence-corrected chi connectivity index (χ3v) is 8.74. The van der Waals surface area contributed by atoms with Crippen molar-refractivity contribution < 1.29 is 4.42 Å². The minimum absolute atomic E-state index is 0.0205. The normalized spacial score (nSPS) is 14.0. The highest BCUT2D eigenvalue weighted by molar-refractivity contribution is 5.88. The maximum atomic E-state index is 6.01. The molecule has 0 bridgehead atoms. The molecule has 1 N–H and O–H groups in total. The molecule has 0 unspecified atom stereocenters. The number of hydrogen-bond donors (Lipinski definition) is 1. The number of rotatable bonds is 6. The van der Waals surface area contributed by atoms with Gasteiger partial charge in [-0.15, -0.1) is 0 Å². The highest BCUT2D eigenvalue weighted by Gasteiger charge is 2.31. The zero-order valence-corrected chi connectivity index (χ0v) is 24.4. The zero-order valence-electron chi connectivity index (χ0n) is 24.4. The van der Waals surface area contributed by atoms with Crippen molar-refractivity contribution in [3.63, 3.8) is 0 Å². The molecule has 39 heavy (non-hydrogen) atoms. The van der Waals surface area contributed by atoms with E-state index in [1.54, 1.807) is 0 Å². The van der Waals surface area contributed by atoms with Gasteiger partial charge in [-0.3, -0.25) is 4.99 Å². The van der Waals surface area contributed by atoms with Gasteiger partial charge in [0.1, 0.15) is 5.58 Å². The SMILES string of the molecule is CC(C)(C)c1ccc(CC(C)(C)c2ccc(CC(C)(C)c3cccc4cc[nH]c34)c3c2CN=C3)c2ccoc12. The summed E-state index contributed by atoms with van der Waals surface area (Å²) in [7, 11) is 0. The Hall–Kier alpha value is -3.59. The average Bonchev–Trinajstić information content (AvgIpc) is 3.63. The highest BCUT2D eigenvalue weighted by Crippen LogP contribution is 2.40. The number of nitrogens with one attached hydrogen (secondary N) is 1. The quantitative estimate of drug-likeness (QED) is 0.240. The minimum atomic E-state index is -0.0465. The van der Waals surface area contributed by atoms with Crippen LogP contribution in [-0.4, -0.2) is 11.2 Å². The van der Waals surface area contributed by atoms with Crippen LogP contribution < -0.4 is 0 Å². The van der Waals surface area contributed by atoms with Crippen LogP contribution in [0.5, 0.6) is 0 Å². The van der Waals surface area contributed by atoms with Gasteiger partial charge in [-0.2, -0.15) is 0 Å². The summed E-state index contributed by atoms with van der Waals surface area (Å²) < 4.78 is 6.01. The lowest BCUT2D eigenvalue weighted by Gasteiger charge is -2.31. The van der Waals surface area contributed by atoms with Crippen LogP contribution >= 0.6 is 0 Å². The molecule has 3 heteroatoms. The first kappa shape index (κ1) is 25.7. The van der Waals surface area contributed by atoms with Gasteiger partial charge in [-0.05, 0) is 74.4 Å². The molecule has 6 rings (SSSR count). The number of hydrogen-bond acceptors (Lipinski definition) is 2. The Morgan fingerprint density at radius 1 is 0.769 bits per heavy atom. The summed E-state index contributed by atoms with van der Waals surface area (Å²) in [4.78, 5) is 8.25. The predicted octanol–water partition coefficient (Wildman–Crippen LogP) is 9.18. The third kappa shape index (κ3) is 4.42. The van der Waals surface area contributed by atoms with E-state index in [0.717, 1.165) is 25.0 Å². The summed E-state index contributed by atoms with van der Waals surface area (Å²) in [6, 6.07) is 20.2. The summed E-state index contributed by atoms with van der Waals surface area (Å²) in [6.07, 6.45) is 7.90. The number of aromatic amines is 1. The van der Waals surface area contributed by atoms with E-state index in [1.807, 2.05) is 12.5 Å². The lowest BCUT2D eigenvalue weighted by molar-refractivity contribution is 0.513. The fourth-order valence-corrected chi connectivity index (χ4v) is 6.72.